The van der Waals surface area contributed by atoms with E-state index in [0.717, 1.165) is 12.6 Å². The van der Waals surface area contributed by atoms with Gasteiger partial charge in [-0.05, 0) is 58.9 Å². The lowest BCUT2D eigenvalue weighted by Gasteiger charge is -2.29. The monoisotopic (exact) mass is 227 g/mol. The Balaban J connectivity index is 1.84. The Hall–Kier alpha value is -0.120. The number of likely N-dealkylation sites (tertiary alicyclic amines) is 1. The maximum absolute atomic E-state index is 5.46. The summed E-state index contributed by atoms with van der Waals surface area (Å²) < 4.78 is 0. The summed E-state index contributed by atoms with van der Waals surface area (Å²) in [6.07, 6.45) is 9.20. The molecule has 3 nitrogen and oxygen atoms in total. The Bertz CT molecular complexity index is 153. The van der Waals surface area contributed by atoms with E-state index in [1.165, 1.54) is 64.6 Å². The Morgan fingerprint density at radius 2 is 1.69 bits per heavy atom. The molecule has 0 amide bonds. The van der Waals surface area contributed by atoms with Gasteiger partial charge < -0.3 is 16.0 Å². The van der Waals surface area contributed by atoms with E-state index in [0.29, 0.717) is 0 Å². The van der Waals surface area contributed by atoms with E-state index < -0.39 is 0 Å². The molecule has 1 aliphatic heterocycles. The first-order chi connectivity index (χ1) is 7.83. The zero-order chi connectivity index (χ0) is 11.6. The molecule has 1 rings (SSSR count). The number of nitrogens with one attached hydrogen (secondary N) is 1. The van der Waals surface area contributed by atoms with Crippen LogP contribution < -0.4 is 11.1 Å². The van der Waals surface area contributed by atoms with Crippen LogP contribution >= 0.6 is 0 Å². The second-order valence-corrected chi connectivity index (χ2v) is 5.09. The highest BCUT2D eigenvalue weighted by molar-refractivity contribution is 4.75. The minimum atomic E-state index is 0.778. The van der Waals surface area contributed by atoms with Crippen LogP contribution in [0, 0.1) is 0 Å². The molecule has 0 unspecified atom stereocenters. The van der Waals surface area contributed by atoms with E-state index in [1.807, 2.05) is 0 Å². The maximum Gasteiger partial charge on any atom is 0.00914 e. The van der Waals surface area contributed by atoms with Crippen LogP contribution in [0.1, 0.15) is 44.9 Å². The van der Waals surface area contributed by atoms with Crippen molar-refractivity contribution in [1.29, 1.82) is 0 Å². The third kappa shape index (κ3) is 6.46. The van der Waals surface area contributed by atoms with E-state index in [4.69, 9.17) is 5.73 Å². The number of hydrogen-bond donors (Lipinski definition) is 2. The SMILES string of the molecule is CN1CCC(NCCCCCCCN)CC1. The topological polar surface area (TPSA) is 41.3 Å². The van der Waals surface area contributed by atoms with Gasteiger partial charge in [-0.1, -0.05) is 19.3 Å². The molecule has 1 fully saturated rings. The number of unbranched alkanes of at least 4 members (excludes halogenated alkanes) is 4. The first-order valence-electron chi connectivity index (χ1n) is 6.95. The Morgan fingerprint density at radius 1 is 1.06 bits per heavy atom. The van der Waals surface area contributed by atoms with Crippen LogP contribution in [-0.4, -0.2) is 44.2 Å². The van der Waals surface area contributed by atoms with E-state index in [9.17, 15) is 0 Å². The molecule has 0 atom stereocenters. The normalized spacial score (nSPS) is 19.1. The van der Waals surface area contributed by atoms with Crippen LogP contribution in [0.3, 0.4) is 0 Å². The third-order valence-electron chi connectivity index (χ3n) is 3.53. The molecule has 1 aliphatic rings. The fourth-order valence-electron chi connectivity index (χ4n) is 2.32. The van der Waals surface area contributed by atoms with Crippen molar-refractivity contribution in [3.63, 3.8) is 0 Å². The van der Waals surface area contributed by atoms with Crippen molar-refractivity contribution < 1.29 is 0 Å². The molecule has 0 bridgehead atoms. The molecule has 3 heteroatoms. The lowest BCUT2D eigenvalue weighted by molar-refractivity contribution is 0.234. The van der Waals surface area contributed by atoms with E-state index in [-0.39, 0.29) is 0 Å². The molecule has 1 saturated heterocycles. The van der Waals surface area contributed by atoms with Crippen LogP contribution in [0.2, 0.25) is 0 Å². The summed E-state index contributed by atoms with van der Waals surface area (Å²) in [7, 11) is 2.22. The fraction of sp³-hybridized carbons (Fsp3) is 1.00. The summed E-state index contributed by atoms with van der Waals surface area (Å²) in [6.45, 7) is 4.58. The van der Waals surface area contributed by atoms with Crippen molar-refractivity contribution >= 4 is 0 Å². The molecule has 96 valence electrons. The predicted molar refractivity (Wildman–Crippen MR) is 70.7 cm³/mol. The predicted octanol–water partition coefficient (Wildman–Crippen LogP) is 1.58. The van der Waals surface area contributed by atoms with Gasteiger partial charge >= 0.3 is 0 Å². The molecule has 0 aliphatic carbocycles. The highest BCUT2D eigenvalue weighted by atomic mass is 15.1. The van der Waals surface area contributed by atoms with Gasteiger partial charge in [-0.25, -0.2) is 0 Å². The van der Waals surface area contributed by atoms with Crippen LogP contribution in [0.5, 0.6) is 0 Å². The van der Waals surface area contributed by atoms with Gasteiger partial charge in [0.2, 0.25) is 0 Å². The second kappa shape index (κ2) is 8.97. The molecule has 0 aromatic heterocycles. The summed E-state index contributed by atoms with van der Waals surface area (Å²) in [5, 5.41) is 3.68. The van der Waals surface area contributed by atoms with Gasteiger partial charge in [-0.15, -0.1) is 0 Å². The van der Waals surface area contributed by atoms with Gasteiger partial charge in [0, 0.05) is 6.04 Å². The second-order valence-electron chi connectivity index (χ2n) is 5.09. The fourth-order valence-corrected chi connectivity index (χ4v) is 2.32. The number of rotatable bonds is 8. The van der Waals surface area contributed by atoms with Crippen LogP contribution in [0.4, 0.5) is 0 Å². The molecule has 16 heavy (non-hydrogen) atoms. The van der Waals surface area contributed by atoms with Crippen molar-refractivity contribution in [3.05, 3.63) is 0 Å². The average molecular weight is 227 g/mol. The van der Waals surface area contributed by atoms with Crippen molar-refractivity contribution in [2.75, 3.05) is 33.2 Å². The largest absolute Gasteiger partial charge is 0.330 e. The number of nitrogens with zero attached hydrogens (tertiary/aromatic N) is 1. The highest BCUT2D eigenvalue weighted by Gasteiger charge is 2.14. The van der Waals surface area contributed by atoms with Crippen LogP contribution in [-0.2, 0) is 0 Å². The van der Waals surface area contributed by atoms with E-state index in [1.54, 1.807) is 0 Å². The highest BCUT2D eigenvalue weighted by Crippen LogP contribution is 2.08. The van der Waals surface area contributed by atoms with Gasteiger partial charge in [0.25, 0.3) is 0 Å². The first kappa shape index (κ1) is 13.9. The molecule has 0 aromatic rings. The lowest BCUT2D eigenvalue weighted by Crippen LogP contribution is -2.41. The van der Waals surface area contributed by atoms with Gasteiger partial charge in [-0.2, -0.15) is 0 Å². The summed E-state index contributed by atoms with van der Waals surface area (Å²) in [5.74, 6) is 0. The summed E-state index contributed by atoms with van der Waals surface area (Å²) in [6, 6.07) is 0.778. The molecule has 0 saturated carbocycles. The minimum Gasteiger partial charge on any atom is -0.330 e. The number of hydrogen-bond acceptors (Lipinski definition) is 3. The van der Waals surface area contributed by atoms with E-state index in [2.05, 4.69) is 17.3 Å². The first-order valence-corrected chi connectivity index (χ1v) is 6.95. The molecule has 0 spiro atoms. The summed E-state index contributed by atoms with van der Waals surface area (Å²) >= 11 is 0. The average Bonchev–Trinajstić information content (AvgIpc) is 2.30. The minimum absolute atomic E-state index is 0.778. The Labute approximate surface area is 101 Å². The van der Waals surface area contributed by atoms with Crippen molar-refractivity contribution in [2.24, 2.45) is 5.73 Å². The van der Waals surface area contributed by atoms with Gasteiger partial charge in [0.15, 0.2) is 0 Å². The number of nitrogens with two attached hydrogens (primary N) is 1. The van der Waals surface area contributed by atoms with Crippen LogP contribution in [0.25, 0.3) is 0 Å². The van der Waals surface area contributed by atoms with Crippen molar-refractivity contribution in [1.82, 2.24) is 10.2 Å². The molecule has 3 N–H and O–H groups in total. The Kier molecular flexibility index (Phi) is 7.81. The molecular weight excluding hydrogens is 198 g/mol. The molecular formula is C13H29N3. The zero-order valence-corrected chi connectivity index (χ0v) is 10.9. The summed E-state index contributed by atoms with van der Waals surface area (Å²) in [5.41, 5.74) is 5.46. The summed E-state index contributed by atoms with van der Waals surface area (Å²) in [4.78, 5) is 2.42. The number of piperidine rings is 1. The third-order valence-corrected chi connectivity index (χ3v) is 3.53. The zero-order valence-electron chi connectivity index (χ0n) is 10.9. The standard InChI is InChI=1S/C13H29N3/c1-16-11-7-13(8-12-16)15-10-6-4-2-3-5-9-14/h13,15H,2-12,14H2,1H3. The Morgan fingerprint density at radius 3 is 2.38 bits per heavy atom. The maximum atomic E-state index is 5.46. The van der Waals surface area contributed by atoms with E-state index >= 15 is 0 Å². The molecule has 0 aromatic carbocycles. The van der Waals surface area contributed by atoms with Gasteiger partial charge in [0.1, 0.15) is 0 Å². The smallest absolute Gasteiger partial charge is 0.00914 e. The van der Waals surface area contributed by atoms with Gasteiger partial charge in [-0.3, -0.25) is 0 Å². The quantitative estimate of drug-likeness (QED) is 0.619. The van der Waals surface area contributed by atoms with Crippen LogP contribution in [0.15, 0.2) is 0 Å². The van der Waals surface area contributed by atoms with Crippen molar-refractivity contribution in [3.8, 4) is 0 Å². The molecule has 1 heterocycles. The lowest BCUT2D eigenvalue weighted by atomic mass is 10.1. The van der Waals surface area contributed by atoms with Crippen molar-refractivity contribution in [2.45, 2.75) is 51.0 Å². The van der Waals surface area contributed by atoms with Gasteiger partial charge in [0.05, 0.1) is 0 Å². The molecule has 0 radical (unpaired) electrons.